The minimum absolute atomic E-state index is 0.0176. The van der Waals surface area contributed by atoms with E-state index >= 15 is 0 Å². The van der Waals surface area contributed by atoms with Gasteiger partial charge in [-0.3, -0.25) is 0 Å². The molecule has 0 bridgehead atoms. The Morgan fingerprint density at radius 1 is 0.884 bits per heavy atom. The molecule has 0 aromatic heterocycles. The number of rotatable bonds is 9. The smallest absolute Gasteiger partial charge is 0.239 e. The Hall–Kier alpha value is -2.32. The number of benzene rings is 3. The van der Waals surface area contributed by atoms with Gasteiger partial charge in [0, 0.05) is 18.4 Å². The molecule has 2 saturated heterocycles. The highest BCUT2D eigenvalue weighted by Crippen LogP contribution is 2.61. The molecule has 0 amide bonds. The third-order valence-electron chi connectivity index (χ3n) is 10.0. The zero-order valence-electron chi connectivity index (χ0n) is 25.9. The van der Waals surface area contributed by atoms with Crippen molar-refractivity contribution < 1.29 is 23.7 Å². The minimum atomic E-state index is -2.00. The molecule has 0 radical (unpaired) electrons. The molecule has 3 unspecified atom stereocenters. The Morgan fingerprint density at radius 2 is 1.51 bits per heavy atom. The van der Waals surface area contributed by atoms with Gasteiger partial charge < -0.3 is 23.7 Å². The lowest BCUT2D eigenvalue weighted by molar-refractivity contribution is -0.240. The number of hydrogen-bond acceptors (Lipinski definition) is 5. The fraction of sp³-hybridized carbons (Fsp3) is 0.514. The van der Waals surface area contributed by atoms with Crippen LogP contribution in [0.2, 0.25) is 0 Å². The maximum Gasteiger partial charge on any atom is 0.239 e. The molecular weight excluding hydrogens is 552 g/mol. The van der Waals surface area contributed by atoms with E-state index in [1.54, 1.807) is 0 Å². The third kappa shape index (κ3) is 6.85. The van der Waals surface area contributed by atoms with E-state index in [1.165, 1.54) is 15.9 Å². The summed E-state index contributed by atoms with van der Waals surface area (Å²) in [5, 5.41) is 13.8. The van der Waals surface area contributed by atoms with Crippen LogP contribution >= 0.6 is 0 Å². The summed E-state index contributed by atoms with van der Waals surface area (Å²) in [6, 6.07) is 32.0. The van der Waals surface area contributed by atoms with Crippen molar-refractivity contribution in [3.05, 3.63) is 96.6 Å². The second kappa shape index (κ2) is 13.4. The molecule has 3 aromatic rings. The summed E-state index contributed by atoms with van der Waals surface area (Å²) in [6.45, 7) is 8.18. The van der Waals surface area contributed by atoms with Crippen molar-refractivity contribution in [3.8, 4) is 0 Å². The van der Waals surface area contributed by atoms with Crippen LogP contribution in [0.1, 0.15) is 58.4 Å². The standard InChI is InChI=1S/C37H48O5Si/c1-36(2,3)35-30-23-33(38)42-32(26-40-43(28-17-9-5-10-18-28)29-19-11-6-12-20-29)37(30,24-27-15-7-4-8-16-27)25-31(35)41-34-21-13-14-22-39-34/h4-12,15-20,30-35,38,43H,13-14,21-26H2,1-3H3/t30-,31-,32?,33?,34?,35-,37+/m1/s1. The molecule has 3 aliphatic rings. The molecule has 1 saturated carbocycles. The highest BCUT2D eigenvalue weighted by molar-refractivity contribution is 6.80. The van der Waals surface area contributed by atoms with E-state index < -0.39 is 15.3 Å². The number of ether oxygens (including phenoxy) is 3. The first-order valence-electron chi connectivity index (χ1n) is 16.2. The summed E-state index contributed by atoms with van der Waals surface area (Å²) < 4.78 is 26.6. The number of hydrogen-bond donors (Lipinski definition) is 1. The Morgan fingerprint density at radius 3 is 2.09 bits per heavy atom. The second-order valence-electron chi connectivity index (χ2n) is 13.9. The van der Waals surface area contributed by atoms with Crippen molar-refractivity contribution in [3.63, 3.8) is 0 Å². The van der Waals surface area contributed by atoms with E-state index in [0.717, 1.165) is 38.7 Å². The highest BCUT2D eigenvalue weighted by atomic mass is 28.3. The monoisotopic (exact) mass is 600 g/mol. The lowest BCUT2D eigenvalue weighted by atomic mass is 9.61. The van der Waals surface area contributed by atoms with Crippen molar-refractivity contribution in [1.82, 2.24) is 0 Å². The van der Waals surface area contributed by atoms with Gasteiger partial charge in [-0.1, -0.05) is 112 Å². The molecule has 230 valence electrons. The van der Waals surface area contributed by atoms with Crippen molar-refractivity contribution in [2.24, 2.45) is 22.7 Å². The van der Waals surface area contributed by atoms with Crippen molar-refractivity contribution >= 4 is 19.4 Å². The van der Waals surface area contributed by atoms with Crippen molar-refractivity contribution in [2.75, 3.05) is 13.2 Å². The molecule has 2 aliphatic heterocycles. The van der Waals surface area contributed by atoms with Gasteiger partial charge in [0.1, 0.15) is 0 Å². The number of fused-ring (bicyclic) bond motifs is 1. The zero-order chi connectivity index (χ0) is 29.9. The van der Waals surface area contributed by atoms with Gasteiger partial charge in [0.2, 0.25) is 9.04 Å². The molecule has 43 heavy (non-hydrogen) atoms. The first-order valence-corrected chi connectivity index (χ1v) is 17.8. The van der Waals surface area contributed by atoms with Gasteiger partial charge >= 0.3 is 0 Å². The van der Waals surface area contributed by atoms with Gasteiger partial charge in [-0.2, -0.15) is 0 Å². The maximum absolute atomic E-state index is 11.3. The lowest BCUT2D eigenvalue weighted by Gasteiger charge is -2.50. The lowest BCUT2D eigenvalue weighted by Crippen LogP contribution is -2.55. The van der Waals surface area contributed by atoms with E-state index in [4.69, 9.17) is 18.6 Å². The van der Waals surface area contributed by atoms with E-state index in [-0.39, 0.29) is 41.2 Å². The summed E-state index contributed by atoms with van der Waals surface area (Å²) in [7, 11) is -2.00. The van der Waals surface area contributed by atoms with Crippen LogP contribution in [-0.4, -0.2) is 52.1 Å². The van der Waals surface area contributed by atoms with E-state index in [2.05, 4.69) is 112 Å². The molecule has 1 N–H and O–H groups in total. The van der Waals surface area contributed by atoms with Gasteiger partial charge in [0.25, 0.3) is 0 Å². The molecule has 3 fully saturated rings. The normalized spacial score (nSPS) is 31.2. The van der Waals surface area contributed by atoms with Crippen LogP contribution in [0.15, 0.2) is 91.0 Å². The summed E-state index contributed by atoms with van der Waals surface area (Å²) >= 11 is 0. The van der Waals surface area contributed by atoms with Gasteiger partial charge in [0.15, 0.2) is 12.6 Å². The number of aliphatic hydroxyl groups excluding tert-OH is 1. The molecule has 5 nitrogen and oxygen atoms in total. The molecule has 7 atom stereocenters. The average Bonchev–Trinajstić information content (AvgIpc) is 3.33. The molecule has 3 aromatic carbocycles. The molecule has 2 heterocycles. The third-order valence-corrected chi connectivity index (χ3v) is 12.5. The minimum Gasteiger partial charge on any atom is -0.408 e. The van der Waals surface area contributed by atoms with Gasteiger partial charge in [-0.25, -0.2) is 0 Å². The predicted octanol–water partition coefficient (Wildman–Crippen LogP) is 5.47. The molecular formula is C37H48O5Si. The van der Waals surface area contributed by atoms with Crippen LogP contribution in [0.3, 0.4) is 0 Å². The Kier molecular flexibility index (Phi) is 9.53. The largest absolute Gasteiger partial charge is 0.408 e. The van der Waals surface area contributed by atoms with Crippen LogP contribution in [-0.2, 0) is 25.1 Å². The summed E-state index contributed by atoms with van der Waals surface area (Å²) in [5.74, 6) is 0.464. The molecule has 6 rings (SSSR count). The van der Waals surface area contributed by atoms with Crippen molar-refractivity contribution in [1.29, 1.82) is 0 Å². The van der Waals surface area contributed by atoms with E-state index in [9.17, 15) is 5.11 Å². The second-order valence-corrected chi connectivity index (χ2v) is 16.3. The predicted molar refractivity (Wildman–Crippen MR) is 173 cm³/mol. The fourth-order valence-electron chi connectivity index (χ4n) is 8.25. The SMILES string of the molecule is CC(C)(C)[C@@H]1[C@H]2CC(O)OC(CO[SiH](c3ccccc3)c3ccccc3)[C@@]2(Cc2ccccc2)C[C@H]1OC1CCCCO1. The summed E-state index contributed by atoms with van der Waals surface area (Å²) in [4.78, 5) is 0. The van der Waals surface area contributed by atoms with Crippen LogP contribution in [0, 0.1) is 22.7 Å². The van der Waals surface area contributed by atoms with Crippen molar-refractivity contribution in [2.45, 2.75) is 84.1 Å². The van der Waals surface area contributed by atoms with Crippen LogP contribution in [0.4, 0.5) is 0 Å². The Balaban J connectivity index is 1.36. The van der Waals surface area contributed by atoms with E-state index in [1.807, 2.05) is 0 Å². The van der Waals surface area contributed by atoms with Crippen LogP contribution in [0.25, 0.3) is 0 Å². The Labute approximate surface area is 259 Å². The summed E-state index contributed by atoms with van der Waals surface area (Å²) in [5.41, 5.74) is 1.03. The van der Waals surface area contributed by atoms with Gasteiger partial charge in [0.05, 0.1) is 18.8 Å². The molecule has 6 heteroatoms. The summed E-state index contributed by atoms with van der Waals surface area (Å²) in [6.07, 6.45) is 4.26. The van der Waals surface area contributed by atoms with Crippen LogP contribution < -0.4 is 10.4 Å². The first kappa shape index (κ1) is 30.7. The maximum atomic E-state index is 11.3. The highest BCUT2D eigenvalue weighted by Gasteiger charge is 2.63. The zero-order valence-corrected chi connectivity index (χ0v) is 27.1. The topological polar surface area (TPSA) is 57.2 Å². The average molecular weight is 601 g/mol. The first-order chi connectivity index (χ1) is 20.8. The number of aliphatic hydroxyl groups is 1. The molecule has 1 aliphatic carbocycles. The Bertz CT molecular complexity index is 1240. The van der Waals surface area contributed by atoms with Gasteiger partial charge in [-0.15, -0.1) is 0 Å². The van der Waals surface area contributed by atoms with Crippen LogP contribution in [0.5, 0.6) is 0 Å². The molecule has 0 spiro atoms. The quantitative estimate of drug-likeness (QED) is 0.330. The van der Waals surface area contributed by atoms with E-state index in [0.29, 0.717) is 13.0 Å². The fourth-order valence-corrected chi connectivity index (χ4v) is 10.5. The van der Waals surface area contributed by atoms with Gasteiger partial charge in [-0.05, 0) is 65.3 Å².